The van der Waals surface area contributed by atoms with E-state index in [1.165, 1.54) is 0 Å². The van der Waals surface area contributed by atoms with Crippen LogP contribution in [0.3, 0.4) is 0 Å². The van der Waals surface area contributed by atoms with Gasteiger partial charge in [0, 0.05) is 38.3 Å². The van der Waals surface area contributed by atoms with E-state index in [1.807, 2.05) is 18.2 Å². The van der Waals surface area contributed by atoms with Gasteiger partial charge in [-0.15, -0.1) is 6.58 Å². The van der Waals surface area contributed by atoms with Crippen LogP contribution in [0.25, 0.3) is 0 Å². The number of aliphatic hydroxyl groups is 1. The molecule has 0 saturated carbocycles. The first-order chi connectivity index (χ1) is 13.1. The number of carbonyl (C=O) groups excluding carboxylic acids is 1. The van der Waals surface area contributed by atoms with E-state index in [0.29, 0.717) is 45.8 Å². The Morgan fingerprint density at radius 1 is 1.33 bits per heavy atom. The summed E-state index contributed by atoms with van der Waals surface area (Å²) in [7, 11) is 1.62. The third-order valence-electron chi connectivity index (χ3n) is 4.43. The van der Waals surface area contributed by atoms with E-state index in [-0.39, 0.29) is 12.7 Å². The van der Waals surface area contributed by atoms with E-state index in [0.717, 1.165) is 17.1 Å². The predicted molar refractivity (Wildman–Crippen MR) is 103 cm³/mol. The van der Waals surface area contributed by atoms with Crippen molar-refractivity contribution in [2.45, 2.75) is 19.4 Å². The van der Waals surface area contributed by atoms with Gasteiger partial charge in [0.25, 0.3) is 0 Å². The molecular weight excluding hydrogens is 348 g/mol. The molecule has 1 fully saturated rings. The van der Waals surface area contributed by atoms with Crippen molar-refractivity contribution in [1.82, 2.24) is 9.80 Å². The molecule has 0 radical (unpaired) electrons. The number of β-amino-alcohol motifs (C(OH)–C–C–N with tert-alkyl or cyclic N) is 1. The minimum Gasteiger partial charge on any atom is -0.497 e. The number of nitrogens with zero attached hydrogens (tertiary/aromatic N) is 2. The van der Waals surface area contributed by atoms with Crippen molar-refractivity contribution in [3.8, 4) is 11.5 Å². The smallest absolute Gasteiger partial charge is 0.409 e. The number of methoxy groups -OCH3 is 1. The zero-order valence-corrected chi connectivity index (χ0v) is 16.2. The molecule has 0 aromatic heterocycles. The number of ether oxygens (including phenoxy) is 3. The molecule has 1 heterocycles. The van der Waals surface area contributed by atoms with Gasteiger partial charge in [-0.25, -0.2) is 4.79 Å². The maximum atomic E-state index is 11.7. The largest absolute Gasteiger partial charge is 0.497 e. The lowest BCUT2D eigenvalue weighted by Gasteiger charge is -2.34. The number of hydrogen-bond acceptors (Lipinski definition) is 6. The van der Waals surface area contributed by atoms with Gasteiger partial charge in [0.05, 0.1) is 13.7 Å². The van der Waals surface area contributed by atoms with Crippen LogP contribution in [-0.2, 0) is 11.2 Å². The average molecular weight is 378 g/mol. The molecule has 150 valence electrons. The third-order valence-corrected chi connectivity index (χ3v) is 4.43. The number of benzene rings is 1. The van der Waals surface area contributed by atoms with Crippen LogP contribution in [0.2, 0.25) is 0 Å². The van der Waals surface area contributed by atoms with Crippen LogP contribution in [-0.4, -0.2) is 80.2 Å². The lowest BCUT2D eigenvalue weighted by Crippen LogP contribution is -2.51. The summed E-state index contributed by atoms with van der Waals surface area (Å²) in [6, 6.07) is 5.60. The van der Waals surface area contributed by atoms with Crippen molar-refractivity contribution in [2.75, 3.05) is 53.0 Å². The van der Waals surface area contributed by atoms with Crippen LogP contribution in [0, 0.1) is 0 Å². The Balaban J connectivity index is 1.79. The maximum Gasteiger partial charge on any atom is 0.409 e. The van der Waals surface area contributed by atoms with Gasteiger partial charge < -0.3 is 24.2 Å². The Morgan fingerprint density at radius 2 is 2.07 bits per heavy atom. The number of amides is 1. The quantitative estimate of drug-likeness (QED) is 0.662. The van der Waals surface area contributed by atoms with Crippen molar-refractivity contribution >= 4 is 6.09 Å². The standard InChI is InChI=1S/C20H30N2O5/c1-4-6-16-13-18(25-3)7-8-19(16)27-15-17(23)14-21-9-11-22(12-10-21)20(24)26-5-2/h4,7-8,13,17,23H,1,5-6,9-12,14-15H2,2-3H3. The summed E-state index contributed by atoms with van der Waals surface area (Å²) < 4.78 is 16.1. The zero-order valence-electron chi connectivity index (χ0n) is 16.2. The summed E-state index contributed by atoms with van der Waals surface area (Å²) in [6.07, 6.45) is 1.59. The van der Waals surface area contributed by atoms with E-state index in [2.05, 4.69) is 11.5 Å². The first kappa shape index (κ1) is 21.1. The van der Waals surface area contributed by atoms with Crippen LogP contribution in [0.1, 0.15) is 12.5 Å². The summed E-state index contributed by atoms with van der Waals surface area (Å²) in [6.45, 7) is 9.28. The Labute approximate surface area is 161 Å². The molecule has 27 heavy (non-hydrogen) atoms. The van der Waals surface area contributed by atoms with Crippen LogP contribution < -0.4 is 9.47 Å². The highest BCUT2D eigenvalue weighted by Crippen LogP contribution is 2.25. The summed E-state index contributed by atoms with van der Waals surface area (Å²) in [5.74, 6) is 1.49. The highest BCUT2D eigenvalue weighted by molar-refractivity contribution is 5.67. The molecule has 0 spiro atoms. The topological polar surface area (TPSA) is 71.5 Å². The second-order valence-corrected chi connectivity index (χ2v) is 6.42. The van der Waals surface area contributed by atoms with Gasteiger partial charge in [0.2, 0.25) is 0 Å². The molecule has 1 N–H and O–H groups in total. The van der Waals surface area contributed by atoms with E-state index in [9.17, 15) is 9.90 Å². The third kappa shape index (κ3) is 6.45. The van der Waals surface area contributed by atoms with E-state index < -0.39 is 6.10 Å². The number of rotatable bonds is 9. The Morgan fingerprint density at radius 3 is 2.70 bits per heavy atom. The molecule has 1 aliphatic heterocycles. The fourth-order valence-corrected chi connectivity index (χ4v) is 3.00. The van der Waals surface area contributed by atoms with Gasteiger partial charge >= 0.3 is 6.09 Å². The monoisotopic (exact) mass is 378 g/mol. The zero-order chi connectivity index (χ0) is 19.6. The first-order valence-electron chi connectivity index (χ1n) is 9.30. The molecule has 0 aliphatic carbocycles. The minimum atomic E-state index is -0.613. The van der Waals surface area contributed by atoms with Gasteiger partial charge in [-0.1, -0.05) is 6.08 Å². The molecule has 1 saturated heterocycles. The Bertz CT molecular complexity index is 614. The van der Waals surface area contributed by atoms with Crippen molar-refractivity contribution in [3.05, 3.63) is 36.4 Å². The molecule has 0 bridgehead atoms. The molecule has 1 atom stereocenters. The molecular formula is C20H30N2O5. The lowest BCUT2D eigenvalue weighted by molar-refractivity contribution is 0.0406. The van der Waals surface area contributed by atoms with Gasteiger partial charge in [0.15, 0.2) is 0 Å². The lowest BCUT2D eigenvalue weighted by atomic mass is 10.1. The predicted octanol–water partition coefficient (Wildman–Crippen LogP) is 1.94. The maximum absolute atomic E-state index is 11.7. The first-order valence-corrected chi connectivity index (χ1v) is 9.30. The number of carbonyl (C=O) groups is 1. The van der Waals surface area contributed by atoms with E-state index >= 15 is 0 Å². The van der Waals surface area contributed by atoms with Gasteiger partial charge in [-0.2, -0.15) is 0 Å². The van der Waals surface area contributed by atoms with Crippen LogP contribution >= 0.6 is 0 Å². The summed E-state index contributed by atoms with van der Waals surface area (Å²) >= 11 is 0. The van der Waals surface area contributed by atoms with E-state index in [1.54, 1.807) is 25.0 Å². The van der Waals surface area contributed by atoms with E-state index in [4.69, 9.17) is 14.2 Å². The fourth-order valence-electron chi connectivity index (χ4n) is 3.00. The van der Waals surface area contributed by atoms with Crippen molar-refractivity contribution in [3.63, 3.8) is 0 Å². The summed E-state index contributed by atoms with van der Waals surface area (Å²) in [5.41, 5.74) is 0.972. The molecule has 1 amide bonds. The van der Waals surface area contributed by atoms with Crippen LogP contribution in [0.5, 0.6) is 11.5 Å². The molecule has 1 aliphatic rings. The molecule has 7 nitrogen and oxygen atoms in total. The summed E-state index contributed by atoms with van der Waals surface area (Å²) in [5, 5.41) is 10.3. The van der Waals surface area contributed by atoms with Gasteiger partial charge in [-0.05, 0) is 31.5 Å². The van der Waals surface area contributed by atoms with Gasteiger partial charge in [-0.3, -0.25) is 4.90 Å². The van der Waals surface area contributed by atoms with Crippen molar-refractivity contribution < 1.29 is 24.1 Å². The number of allylic oxidation sites excluding steroid dienone is 1. The SMILES string of the molecule is C=CCc1cc(OC)ccc1OCC(O)CN1CCN(C(=O)OCC)CC1. The molecule has 1 aromatic rings. The van der Waals surface area contributed by atoms with Crippen molar-refractivity contribution in [2.24, 2.45) is 0 Å². The number of hydrogen-bond donors (Lipinski definition) is 1. The van der Waals surface area contributed by atoms with Crippen LogP contribution in [0.15, 0.2) is 30.9 Å². The minimum absolute atomic E-state index is 0.203. The highest BCUT2D eigenvalue weighted by Gasteiger charge is 2.23. The number of aliphatic hydroxyl groups excluding tert-OH is 1. The Kier molecular flexibility index (Phi) is 8.42. The van der Waals surface area contributed by atoms with Crippen LogP contribution in [0.4, 0.5) is 4.79 Å². The molecule has 1 unspecified atom stereocenters. The molecule has 7 heteroatoms. The second-order valence-electron chi connectivity index (χ2n) is 6.42. The molecule has 1 aromatic carbocycles. The number of piperazine rings is 1. The second kappa shape index (κ2) is 10.8. The fraction of sp³-hybridized carbons (Fsp3) is 0.550. The normalized spacial score (nSPS) is 15.9. The average Bonchev–Trinajstić information content (AvgIpc) is 2.68. The molecule has 2 rings (SSSR count). The van der Waals surface area contributed by atoms with Crippen molar-refractivity contribution in [1.29, 1.82) is 0 Å². The summed E-state index contributed by atoms with van der Waals surface area (Å²) in [4.78, 5) is 15.5. The van der Waals surface area contributed by atoms with Gasteiger partial charge in [0.1, 0.15) is 24.2 Å². The Hall–Kier alpha value is -2.25. The highest BCUT2D eigenvalue weighted by atomic mass is 16.6.